The minimum atomic E-state index is -4.37. The fourth-order valence-electron chi connectivity index (χ4n) is 5.06. The highest BCUT2D eigenvalue weighted by molar-refractivity contribution is 7.98. The zero-order valence-electron chi connectivity index (χ0n) is 17.7. The molecule has 0 saturated heterocycles. The van der Waals surface area contributed by atoms with Crippen molar-refractivity contribution in [2.45, 2.75) is 42.1 Å². The first-order valence-corrected chi connectivity index (χ1v) is 11.8. The van der Waals surface area contributed by atoms with Gasteiger partial charge in [0.15, 0.2) is 0 Å². The van der Waals surface area contributed by atoms with Gasteiger partial charge in [-0.25, -0.2) is 0 Å². The highest BCUT2D eigenvalue weighted by atomic mass is 32.2. The summed E-state index contributed by atoms with van der Waals surface area (Å²) in [6.07, 6.45) is 0.709. The van der Waals surface area contributed by atoms with E-state index in [1.54, 1.807) is 23.9 Å². The number of nitrogens with one attached hydrogen (secondary N) is 1. The van der Waals surface area contributed by atoms with Crippen LogP contribution in [-0.4, -0.2) is 0 Å². The molecule has 1 nitrogen and oxygen atoms in total. The molecule has 5 rings (SSSR count). The van der Waals surface area contributed by atoms with Gasteiger partial charge in [-0.15, -0.1) is 11.8 Å². The van der Waals surface area contributed by atoms with Crippen LogP contribution in [0.1, 0.15) is 46.2 Å². The molecule has 2 aliphatic rings. The summed E-state index contributed by atoms with van der Waals surface area (Å²) in [6, 6.07) is 20.3. The zero-order chi connectivity index (χ0) is 22.3. The number of hydrogen-bond donors (Lipinski definition) is 1. The van der Waals surface area contributed by atoms with Crippen molar-refractivity contribution < 1.29 is 13.2 Å². The molecule has 1 heterocycles. The predicted molar refractivity (Wildman–Crippen MR) is 125 cm³/mol. The molecule has 0 bridgehead atoms. The molecular formula is C27H24F3NS. The van der Waals surface area contributed by atoms with Crippen LogP contribution in [0.4, 0.5) is 18.9 Å². The van der Waals surface area contributed by atoms with Crippen molar-refractivity contribution in [3.63, 3.8) is 0 Å². The Morgan fingerprint density at radius 1 is 0.969 bits per heavy atom. The number of rotatable bonds is 4. The summed E-state index contributed by atoms with van der Waals surface area (Å²) < 4.78 is 41.3. The van der Waals surface area contributed by atoms with Crippen LogP contribution in [0.5, 0.6) is 0 Å². The van der Waals surface area contributed by atoms with Gasteiger partial charge < -0.3 is 5.32 Å². The largest absolute Gasteiger partial charge is 0.416 e. The Morgan fingerprint density at radius 2 is 1.72 bits per heavy atom. The first-order valence-electron chi connectivity index (χ1n) is 10.8. The molecule has 32 heavy (non-hydrogen) atoms. The Hall–Kier alpha value is -2.66. The monoisotopic (exact) mass is 451 g/mol. The number of alkyl halides is 3. The van der Waals surface area contributed by atoms with Gasteiger partial charge in [0.05, 0.1) is 11.6 Å². The Bertz CT molecular complexity index is 1150. The fourth-order valence-corrected chi connectivity index (χ4v) is 5.91. The highest BCUT2D eigenvalue weighted by Gasteiger charge is 2.42. The summed E-state index contributed by atoms with van der Waals surface area (Å²) in [4.78, 5) is 1.23. The third-order valence-corrected chi connectivity index (χ3v) is 7.56. The van der Waals surface area contributed by atoms with Crippen molar-refractivity contribution in [1.29, 1.82) is 0 Å². The van der Waals surface area contributed by atoms with Crippen LogP contribution in [0.25, 0.3) is 0 Å². The number of aryl methyl sites for hydroxylation is 1. The van der Waals surface area contributed by atoms with Crippen LogP contribution >= 0.6 is 11.8 Å². The summed E-state index contributed by atoms with van der Waals surface area (Å²) in [5.74, 6) is 1.06. The number of anilines is 1. The molecule has 0 aromatic heterocycles. The fraction of sp³-hybridized carbons (Fsp3) is 0.259. The molecule has 3 aromatic rings. The number of fused-ring (bicyclic) bond motifs is 3. The third kappa shape index (κ3) is 3.95. The van der Waals surface area contributed by atoms with Gasteiger partial charge in [-0.3, -0.25) is 0 Å². The molecule has 164 valence electrons. The summed E-state index contributed by atoms with van der Waals surface area (Å²) in [7, 11) is 0. The summed E-state index contributed by atoms with van der Waals surface area (Å²) in [5, 5.41) is 3.52. The lowest BCUT2D eigenvalue weighted by molar-refractivity contribution is -0.138. The second-order valence-corrected chi connectivity index (χ2v) is 9.59. The van der Waals surface area contributed by atoms with Gasteiger partial charge in [0, 0.05) is 22.3 Å². The standard InChI is InChI=1S/C27H24F3NS/c1-17-14-18(16-32-19-8-3-2-4-9-19)15-23-20-11-7-12-21(20)26(31-25(17)23)22-10-5-6-13-24(22)27(28,29)30/h2-11,13-15,20-21,26,31H,12,16H2,1H3/t20-,21-,26+/m1/s1. The van der Waals surface area contributed by atoms with Crippen molar-refractivity contribution in [3.8, 4) is 0 Å². The molecule has 3 atom stereocenters. The van der Waals surface area contributed by atoms with E-state index < -0.39 is 11.7 Å². The van der Waals surface area contributed by atoms with E-state index in [4.69, 9.17) is 0 Å². The Labute approximate surface area is 190 Å². The van der Waals surface area contributed by atoms with E-state index in [2.05, 4.69) is 41.7 Å². The Balaban J connectivity index is 1.50. The smallest absolute Gasteiger partial charge is 0.377 e. The van der Waals surface area contributed by atoms with Crippen LogP contribution in [0.15, 0.2) is 83.8 Å². The summed E-state index contributed by atoms with van der Waals surface area (Å²) in [6.45, 7) is 2.05. The lowest BCUT2D eigenvalue weighted by atomic mass is 9.75. The van der Waals surface area contributed by atoms with Crippen LogP contribution in [0.2, 0.25) is 0 Å². The van der Waals surface area contributed by atoms with Gasteiger partial charge in [0.1, 0.15) is 0 Å². The normalized spacial score (nSPS) is 21.7. The topological polar surface area (TPSA) is 12.0 Å². The van der Waals surface area contributed by atoms with Crippen LogP contribution in [0.3, 0.4) is 0 Å². The molecule has 5 heteroatoms. The van der Waals surface area contributed by atoms with Crippen LogP contribution in [0, 0.1) is 12.8 Å². The quantitative estimate of drug-likeness (QED) is 0.317. The average Bonchev–Trinajstić information content (AvgIpc) is 3.28. The van der Waals surface area contributed by atoms with Gasteiger partial charge in [-0.1, -0.05) is 60.7 Å². The maximum absolute atomic E-state index is 13.8. The lowest BCUT2D eigenvalue weighted by Crippen LogP contribution is -2.31. The van der Waals surface area contributed by atoms with Gasteiger partial charge in [-0.05, 0) is 59.7 Å². The van der Waals surface area contributed by atoms with Crippen molar-refractivity contribution in [1.82, 2.24) is 0 Å². The van der Waals surface area contributed by atoms with Crippen LogP contribution in [-0.2, 0) is 11.9 Å². The molecule has 0 saturated carbocycles. The Kier molecular flexibility index (Phi) is 5.54. The molecular weight excluding hydrogens is 427 g/mol. The Morgan fingerprint density at radius 3 is 2.50 bits per heavy atom. The number of benzene rings is 3. The van der Waals surface area contributed by atoms with Gasteiger partial charge >= 0.3 is 6.18 Å². The summed E-state index contributed by atoms with van der Waals surface area (Å²) >= 11 is 1.80. The number of thioether (sulfide) groups is 1. The van der Waals surface area contributed by atoms with Crippen molar-refractivity contribution in [3.05, 3.63) is 107 Å². The molecule has 1 aliphatic heterocycles. The van der Waals surface area contributed by atoms with E-state index >= 15 is 0 Å². The molecule has 0 radical (unpaired) electrons. The summed E-state index contributed by atoms with van der Waals surface area (Å²) in [5.41, 5.74) is 4.30. The van der Waals surface area contributed by atoms with Crippen molar-refractivity contribution >= 4 is 17.4 Å². The van der Waals surface area contributed by atoms with Gasteiger partial charge in [-0.2, -0.15) is 13.2 Å². The van der Waals surface area contributed by atoms with Crippen molar-refractivity contribution in [2.75, 3.05) is 5.32 Å². The van der Waals surface area contributed by atoms with E-state index in [-0.39, 0.29) is 17.9 Å². The van der Waals surface area contributed by atoms with E-state index in [0.29, 0.717) is 5.56 Å². The molecule has 0 fully saturated rings. The van der Waals surface area contributed by atoms with E-state index in [0.717, 1.165) is 23.4 Å². The van der Waals surface area contributed by atoms with Crippen molar-refractivity contribution in [2.24, 2.45) is 5.92 Å². The number of allylic oxidation sites excluding steroid dienone is 2. The van der Waals surface area contributed by atoms with E-state index in [1.807, 2.05) is 25.1 Å². The van der Waals surface area contributed by atoms with Crippen LogP contribution < -0.4 is 5.32 Å². The second kappa shape index (κ2) is 8.36. The average molecular weight is 452 g/mol. The number of hydrogen-bond acceptors (Lipinski definition) is 2. The highest BCUT2D eigenvalue weighted by Crippen LogP contribution is 2.52. The molecule has 3 aromatic carbocycles. The minimum Gasteiger partial charge on any atom is -0.377 e. The maximum atomic E-state index is 13.8. The number of halogens is 3. The van der Waals surface area contributed by atoms with E-state index in [1.165, 1.54) is 28.2 Å². The zero-order valence-corrected chi connectivity index (χ0v) is 18.5. The van der Waals surface area contributed by atoms with Gasteiger partial charge in [0.2, 0.25) is 0 Å². The molecule has 0 unspecified atom stereocenters. The first-order chi connectivity index (χ1) is 15.4. The molecule has 1 aliphatic carbocycles. The van der Waals surface area contributed by atoms with Gasteiger partial charge in [0.25, 0.3) is 0 Å². The first kappa shape index (κ1) is 21.2. The third-order valence-electron chi connectivity index (χ3n) is 6.48. The lowest BCUT2D eigenvalue weighted by Gasteiger charge is -2.39. The second-order valence-electron chi connectivity index (χ2n) is 8.54. The minimum absolute atomic E-state index is 0.0717. The SMILES string of the molecule is Cc1cc(CSc2ccccc2)cc2c1N[C@H](c1ccccc1C(F)(F)F)[C@@H]1CC=C[C@@H]21. The molecule has 0 spiro atoms. The molecule has 0 amide bonds. The maximum Gasteiger partial charge on any atom is 0.416 e. The molecule has 1 N–H and O–H groups in total. The predicted octanol–water partition coefficient (Wildman–Crippen LogP) is 8.13. The van der Waals surface area contributed by atoms with E-state index in [9.17, 15) is 13.2 Å².